The van der Waals surface area contributed by atoms with E-state index in [0.29, 0.717) is 0 Å². The molecule has 6 heteroatoms. The van der Waals surface area contributed by atoms with Crippen LogP contribution in [0.25, 0.3) is 0 Å². The van der Waals surface area contributed by atoms with Gasteiger partial charge in [-0.1, -0.05) is 25.2 Å². The normalized spacial score (nSPS) is 8.88. The molecule has 0 rings (SSSR count). The molecule has 3 N–H and O–H groups in total. The lowest BCUT2D eigenvalue weighted by Gasteiger charge is -1.72. The third-order valence-electron chi connectivity index (χ3n) is 0.845. The highest BCUT2D eigenvalue weighted by Crippen LogP contribution is 1.74. The van der Waals surface area contributed by atoms with Gasteiger partial charge >= 0.3 is 11.9 Å². The molecule has 0 amide bonds. The second-order valence-corrected chi connectivity index (χ2v) is 2.49. The molecule has 0 unspecified atom stereocenters. The van der Waals surface area contributed by atoms with E-state index in [-0.39, 0.29) is 6.42 Å². The van der Waals surface area contributed by atoms with Crippen molar-refractivity contribution >= 4 is 17.9 Å². The fourth-order valence-corrected chi connectivity index (χ4v) is 0.249. The fourth-order valence-electron chi connectivity index (χ4n) is 0.249. The van der Waals surface area contributed by atoms with Crippen molar-refractivity contribution < 1.29 is 29.7 Å². The Kier molecular flexibility index (Phi) is 19.5. The van der Waals surface area contributed by atoms with E-state index in [1.807, 2.05) is 6.92 Å². The number of carboxylic acids is 3. The number of carbonyl (C=O) groups is 3. The third-order valence-corrected chi connectivity index (χ3v) is 0.845. The second kappa shape index (κ2) is 16.3. The van der Waals surface area contributed by atoms with Crippen molar-refractivity contribution in [3.05, 3.63) is 24.3 Å². The molecule has 17 heavy (non-hydrogen) atoms. The monoisotopic (exact) mass is 246 g/mol. The summed E-state index contributed by atoms with van der Waals surface area (Å²) in [5, 5.41) is 23.2. The van der Waals surface area contributed by atoms with Gasteiger partial charge in [-0.2, -0.15) is 0 Å². The maximum absolute atomic E-state index is 9.75. The molecule has 6 nitrogen and oxygen atoms in total. The average molecular weight is 246 g/mol. The Balaban J connectivity index is -0.000000188. The molecule has 0 heterocycles. The number of aliphatic carboxylic acids is 3. The van der Waals surface area contributed by atoms with E-state index in [1.165, 1.54) is 6.08 Å². The Morgan fingerprint density at radius 3 is 1.59 bits per heavy atom. The van der Waals surface area contributed by atoms with E-state index in [9.17, 15) is 9.59 Å². The number of allylic oxidation sites excluding steroid dienone is 3. The van der Waals surface area contributed by atoms with Crippen molar-refractivity contribution in [1.82, 2.24) is 0 Å². The largest absolute Gasteiger partial charge is 0.481 e. The first-order valence-electron chi connectivity index (χ1n) is 4.71. The summed E-state index contributed by atoms with van der Waals surface area (Å²) in [4.78, 5) is 28.1. The van der Waals surface area contributed by atoms with Gasteiger partial charge in [0.25, 0.3) is 5.97 Å². The lowest BCUT2D eigenvalue weighted by Crippen LogP contribution is -1.86. The Morgan fingerprint density at radius 1 is 1.06 bits per heavy atom. The van der Waals surface area contributed by atoms with E-state index < -0.39 is 17.9 Å². The summed E-state index contributed by atoms with van der Waals surface area (Å²) in [5.74, 6) is -2.49. The summed E-state index contributed by atoms with van der Waals surface area (Å²) in [5.41, 5.74) is 0. The average Bonchev–Trinajstić information content (AvgIpc) is 2.17. The molecule has 0 saturated carbocycles. The first-order chi connectivity index (χ1) is 7.77. The van der Waals surface area contributed by atoms with Crippen molar-refractivity contribution in [1.29, 1.82) is 0 Å². The SMILES string of the molecule is C/C=C/C=C/C(=O)O.CC(=O)O.CCC(=O)O. The molecule has 98 valence electrons. The van der Waals surface area contributed by atoms with Crippen molar-refractivity contribution in [2.24, 2.45) is 0 Å². The highest BCUT2D eigenvalue weighted by Gasteiger charge is 1.81. The molecular weight excluding hydrogens is 228 g/mol. The van der Waals surface area contributed by atoms with Crippen LogP contribution in [-0.4, -0.2) is 33.2 Å². The van der Waals surface area contributed by atoms with Crippen molar-refractivity contribution in [2.75, 3.05) is 0 Å². The van der Waals surface area contributed by atoms with Gasteiger partial charge in [0.05, 0.1) is 0 Å². The van der Waals surface area contributed by atoms with Crippen molar-refractivity contribution in [2.45, 2.75) is 27.2 Å². The van der Waals surface area contributed by atoms with Crippen LogP contribution in [0.15, 0.2) is 24.3 Å². The predicted octanol–water partition coefficient (Wildman–Crippen LogP) is 1.78. The van der Waals surface area contributed by atoms with Crippen molar-refractivity contribution in [3.8, 4) is 0 Å². The molecule has 0 spiro atoms. The number of carboxylic acid groups (broad SMARTS) is 3. The van der Waals surface area contributed by atoms with E-state index in [0.717, 1.165) is 13.0 Å². The quantitative estimate of drug-likeness (QED) is 0.517. The van der Waals surface area contributed by atoms with Crippen LogP contribution < -0.4 is 0 Å². The van der Waals surface area contributed by atoms with Gasteiger partial charge in [0.15, 0.2) is 0 Å². The molecular formula is C11H18O6. The summed E-state index contributed by atoms with van der Waals surface area (Å²) in [7, 11) is 0. The van der Waals surface area contributed by atoms with Gasteiger partial charge in [-0.05, 0) is 6.92 Å². The molecule has 0 atom stereocenters. The van der Waals surface area contributed by atoms with Gasteiger partial charge in [-0.3, -0.25) is 9.59 Å². The summed E-state index contributed by atoms with van der Waals surface area (Å²) < 4.78 is 0. The minimum absolute atomic E-state index is 0.222. The van der Waals surface area contributed by atoms with Gasteiger partial charge in [0.1, 0.15) is 0 Å². The van der Waals surface area contributed by atoms with Crippen LogP contribution in [0, 0.1) is 0 Å². The molecule has 0 saturated heterocycles. The lowest BCUT2D eigenvalue weighted by atomic mass is 10.4. The van der Waals surface area contributed by atoms with Crippen LogP contribution in [0.4, 0.5) is 0 Å². The molecule has 0 aromatic rings. The zero-order chi connectivity index (χ0) is 14.3. The number of hydrogen-bond donors (Lipinski definition) is 3. The minimum Gasteiger partial charge on any atom is -0.481 e. The molecule has 0 aliphatic heterocycles. The van der Waals surface area contributed by atoms with E-state index in [1.54, 1.807) is 19.1 Å². The molecule has 0 aromatic heterocycles. The van der Waals surface area contributed by atoms with Crippen LogP contribution in [0.5, 0.6) is 0 Å². The van der Waals surface area contributed by atoms with Gasteiger partial charge in [0, 0.05) is 19.4 Å². The number of hydrogen-bond acceptors (Lipinski definition) is 3. The zero-order valence-corrected chi connectivity index (χ0v) is 10.1. The summed E-state index contributed by atoms with van der Waals surface area (Å²) in [6.07, 6.45) is 6.20. The molecule has 0 fully saturated rings. The highest BCUT2D eigenvalue weighted by atomic mass is 16.4. The van der Waals surface area contributed by atoms with Gasteiger partial charge < -0.3 is 15.3 Å². The smallest absolute Gasteiger partial charge is 0.328 e. The minimum atomic E-state index is -0.914. The third kappa shape index (κ3) is 82.1. The lowest BCUT2D eigenvalue weighted by molar-refractivity contribution is -0.137. The summed E-state index contributed by atoms with van der Waals surface area (Å²) in [6.45, 7) is 4.51. The first kappa shape index (κ1) is 20.3. The zero-order valence-electron chi connectivity index (χ0n) is 10.1. The standard InChI is InChI=1S/C6H8O2.C3H6O2.C2H4O2/c1-2-3-4-5-6(7)8;1-2-3(4)5;1-2(3)4/h2-5H,1H3,(H,7,8);2H2,1H3,(H,4,5);1H3,(H,3,4)/b3-2+,5-4+;;. The van der Waals surface area contributed by atoms with E-state index in [2.05, 4.69) is 0 Å². The van der Waals surface area contributed by atoms with Crippen LogP contribution in [0.1, 0.15) is 27.2 Å². The highest BCUT2D eigenvalue weighted by molar-refractivity contribution is 5.80. The Hall–Kier alpha value is -2.11. The van der Waals surface area contributed by atoms with Crippen LogP contribution in [0.3, 0.4) is 0 Å². The maximum atomic E-state index is 9.75. The second-order valence-electron chi connectivity index (χ2n) is 2.49. The van der Waals surface area contributed by atoms with Crippen molar-refractivity contribution in [3.63, 3.8) is 0 Å². The summed E-state index contributed by atoms with van der Waals surface area (Å²) >= 11 is 0. The molecule has 0 aromatic carbocycles. The predicted molar refractivity (Wildman–Crippen MR) is 62.8 cm³/mol. The van der Waals surface area contributed by atoms with Gasteiger partial charge in [0.2, 0.25) is 0 Å². The molecule has 0 aliphatic carbocycles. The Bertz CT molecular complexity index is 274. The molecule has 0 bridgehead atoms. The van der Waals surface area contributed by atoms with Crippen LogP contribution in [0.2, 0.25) is 0 Å². The first-order valence-corrected chi connectivity index (χ1v) is 4.71. The Labute approximate surface area is 99.9 Å². The number of rotatable bonds is 3. The van der Waals surface area contributed by atoms with Crippen LogP contribution >= 0.6 is 0 Å². The molecule has 0 aliphatic rings. The molecule has 0 radical (unpaired) electrons. The van der Waals surface area contributed by atoms with E-state index >= 15 is 0 Å². The topological polar surface area (TPSA) is 112 Å². The fraction of sp³-hybridized carbons (Fsp3) is 0.364. The van der Waals surface area contributed by atoms with Gasteiger partial charge in [-0.25, -0.2) is 4.79 Å². The van der Waals surface area contributed by atoms with Gasteiger partial charge in [-0.15, -0.1) is 0 Å². The maximum Gasteiger partial charge on any atom is 0.328 e. The van der Waals surface area contributed by atoms with E-state index in [4.69, 9.17) is 20.1 Å². The Morgan fingerprint density at radius 2 is 1.41 bits per heavy atom. The summed E-state index contributed by atoms with van der Waals surface area (Å²) in [6, 6.07) is 0. The van der Waals surface area contributed by atoms with Crippen LogP contribution in [-0.2, 0) is 14.4 Å².